The Bertz CT molecular complexity index is 293. The Morgan fingerprint density at radius 1 is 1.10 bits per heavy atom. The molecule has 0 amide bonds. The Labute approximate surface area is 123 Å². The summed E-state index contributed by atoms with van der Waals surface area (Å²) in [5.74, 6) is 0.217. The van der Waals surface area contributed by atoms with Crippen molar-refractivity contribution in [3.05, 3.63) is 0 Å². The number of rotatable bonds is 6. The van der Waals surface area contributed by atoms with Crippen LogP contribution in [0, 0.1) is 5.92 Å². The van der Waals surface area contributed by atoms with E-state index in [4.69, 9.17) is 0 Å². The standard InChI is InChI=1S/C17H32O3/c1-2-15(18)10-13-17(20,14-8-4-5-9-14)16(19)11-6-3-7-12-16/h14-15,18-20H,2-13H2,1H3. The predicted octanol–water partition coefficient (Wildman–Crippen LogP) is 3.15. The number of aliphatic hydroxyl groups is 3. The summed E-state index contributed by atoms with van der Waals surface area (Å²) in [4.78, 5) is 0. The monoisotopic (exact) mass is 284 g/mol. The smallest absolute Gasteiger partial charge is 0.0962 e. The zero-order valence-electron chi connectivity index (χ0n) is 13.0. The molecule has 0 aromatic rings. The van der Waals surface area contributed by atoms with E-state index in [1.165, 1.54) is 19.3 Å². The molecule has 0 saturated heterocycles. The lowest BCUT2D eigenvalue weighted by Crippen LogP contribution is -2.59. The number of hydrogen-bond donors (Lipinski definition) is 3. The first-order valence-electron chi connectivity index (χ1n) is 8.64. The first-order chi connectivity index (χ1) is 9.52. The van der Waals surface area contributed by atoms with Crippen LogP contribution in [0.25, 0.3) is 0 Å². The molecule has 0 heterocycles. The van der Waals surface area contributed by atoms with Crippen LogP contribution in [0.5, 0.6) is 0 Å². The Balaban J connectivity index is 2.13. The van der Waals surface area contributed by atoms with Crippen LogP contribution in [-0.2, 0) is 0 Å². The molecular weight excluding hydrogens is 252 g/mol. The Morgan fingerprint density at radius 3 is 2.25 bits per heavy atom. The minimum atomic E-state index is -0.986. The molecule has 20 heavy (non-hydrogen) atoms. The highest BCUT2D eigenvalue weighted by molar-refractivity contribution is 5.05. The summed E-state index contributed by atoms with van der Waals surface area (Å²) in [6.07, 6.45) is 10.6. The normalized spacial score (nSPS) is 28.2. The third-order valence-electron chi connectivity index (χ3n) is 5.85. The second-order valence-electron chi connectivity index (χ2n) is 7.10. The fraction of sp³-hybridized carbons (Fsp3) is 1.00. The molecular formula is C17H32O3. The van der Waals surface area contributed by atoms with Gasteiger partial charge in [0.2, 0.25) is 0 Å². The van der Waals surface area contributed by atoms with Crippen molar-refractivity contribution < 1.29 is 15.3 Å². The molecule has 0 bridgehead atoms. The summed E-state index contributed by atoms with van der Waals surface area (Å²) in [5.41, 5.74) is -1.91. The zero-order valence-corrected chi connectivity index (χ0v) is 13.0. The fourth-order valence-corrected chi connectivity index (χ4v) is 4.38. The summed E-state index contributed by atoms with van der Waals surface area (Å²) in [6, 6.07) is 0. The SMILES string of the molecule is CCC(O)CCC(O)(C1CCCC1)C1(O)CCCCC1. The molecule has 2 saturated carbocycles. The van der Waals surface area contributed by atoms with E-state index in [0.717, 1.165) is 44.9 Å². The van der Waals surface area contributed by atoms with Gasteiger partial charge in [-0.05, 0) is 50.9 Å². The van der Waals surface area contributed by atoms with E-state index in [2.05, 4.69) is 0 Å². The van der Waals surface area contributed by atoms with Crippen molar-refractivity contribution in [1.29, 1.82) is 0 Å². The Kier molecular flexibility index (Phi) is 5.49. The molecule has 118 valence electrons. The highest BCUT2D eigenvalue weighted by Gasteiger charge is 2.53. The summed E-state index contributed by atoms with van der Waals surface area (Å²) in [7, 11) is 0. The van der Waals surface area contributed by atoms with Crippen LogP contribution in [0.2, 0.25) is 0 Å². The maximum absolute atomic E-state index is 11.4. The maximum Gasteiger partial charge on any atom is 0.0962 e. The van der Waals surface area contributed by atoms with E-state index in [1.807, 2.05) is 6.92 Å². The van der Waals surface area contributed by atoms with Gasteiger partial charge >= 0.3 is 0 Å². The maximum atomic E-state index is 11.4. The van der Waals surface area contributed by atoms with Gasteiger partial charge in [0.1, 0.15) is 0 Å². The van der Waals surface area contributed by atoms with Crippen LogP contribution in [0.1, 0.15) is 84.0 Å². The van der Waals surface area contributed by atoms with E-state index in [1.54, 1.807) is 0 Å². The van der Waals surface area contributed by atoms with Crippen LogP contribution in [0.4, 0.5) is 0 Å². The molecule has 0 aliphatic heterocycles. The molecule has 2 aliphatic carbocycles. The summed E-state index contributed by atoms with van der Waals surface area (Å²) >= 11 is 0. The predicted molar refractivity (Wildman–Crippen MR) is 80.5 cm³/mol. The van der Waals surface area contributed by atoms with Crippen LogP contribution in [0.15, 0.2) is 0 Å². The van der Waals surface area contributed by atoms with E-state index >= 15 is 0 Å². The van der Waals surface area contributed by atoms with E-state index in [0.29, 0.717) is 12.8 Å². The molecule has 2 aliphatic rings. The van der Waals surface area contributed by atoms with E-state index in [-0.39, 0.29) is 12.0 Å². The molecule has 2 fully saturated rings. The lowest BCUT2D eigenvalue weighted by molar-refractivity contribution is -0.201. The van der Waals surface area contributed by atoms with Gasteiger partial charge in [-0.2, -0.15) is 0 Å². The molecule has 2 atom stereocenters. The fourth-order valence-electron chi connectivity index (χ4n) is 4.38. The highest BCUT2D eigenvalue weighted by atomic mass is 16.4. The Hall–Kier alpha value is -0.120. The van der Waals surface area contributed by atoms with Gasteiger partial charge in [-0.15, -0.1) is 0 Å². The molecule has 2 rings (SSSR count). The average molecular weight is 284 g/mol. The van der Waals surface area contributed by atoms with Crippen LogP contribution in [-0.4, -0.2) is 32.6 Å². The first kappa shape index (κ1) is 16.3. The van der Waals surface area contributed by atoms with Crippen LogP contribution >= 0.6 is 0 Å². The van der Waals surface area contributed by atoms with Crippen molar-refractivity contribution in [2.24, 2.45) is 5.92 Å². The van der Waals surface area contributed by atoms with Crippen molar-refractivity contribution >= 4 is 0 Å². The average Bonchev–Trinajstić information content (AvgIpc) is 2.99. The molecule has 0 radical (unpaired) electrons. The lowest BCUT2D eigenvalue weighted by atomic mass is 9.64. The van der Waals surface area contributed by atoms with E-state index < -0.39 is 11.2 Å². The van der Waals surface area contributed by atoms with Gasteiger partial charge in [0.15, 0.2) is 0 Å². The van der Waals surface area contributed by atoms with Gasteiger partial charge in [-0.25, -0.2) is 0 Å². The third-order valence-corrected chi connectivity index (χ3v) is 5.85. The second-order valence-corrected chi connectivity index (χ2v) is 7.10. The molecule has 3 nitrogen and oxygen atoms in total. The van der Waals surface area contributed by atoms with Gasteiger partial charge in [0.05, 0.1) is 17.3 Å². The lowest BCUT2D eigenvalue weighted by Gasteiger charge is -2.49. The number of hydrogen-bond acceptors (Lipinski definition) is 3. The van der Waals surface area contributed by atoms with Crippen molar-refractivity contribution in [1.82, 2.24) is 0 Å². The molecule has 0 aromatic heterocycles. The first-order valence-corrected chi connectivity index (χ1v) is 8.64. The molecule has 3 N–H and O–H groups in total. The van der Waals surface area contributed by atoms with Gasteiger partial charge in [0, 0.05) is 0 Å². The molecule has 3 heteroatoms. The number of aliphatic hydroxyl groups excluding tert-OH is 1. The Morgan fingerprint density at radius 2 is 1.70 bits per heavy atom. The minimum absolute atomic E-state index is 0.217. The highest BCUT2D eigenvalue weighted by Crippen LogP contribution is 2.48. The van der Waals surface area contributed by atoms with Gasteiger partial charge < -0.3 is 15.3 Å². The van der Waals surface area contributed by atoms with Crippen molar-refractivity contribution in [3.8, 4) is 0 Å². The van der Waals surface area contributed by atoms with Crippen molar-refractivity contribution in [2.45, 2.75) is 101 Å². The van der Waals surface area contributed by atoms with Crippen LogP contribution in [0.3, 0.4) is 0 Å². The zero-order chi connectivity index (χ0) is 14.6. The minimum Gasteiger partial charge on any atom is -0.393 e. The molecule has 2 unspecified atom stereocenters. The van der Waals surface area contributed by atoms with Gasteiger partial charge in [-0.1, -0.05) is 39.0 Å². The summed E-state index contributed by atoms with van der Waals surface area (Å²) in [5, 5.41) is 32.3. The largest absolute Gasteiger partial charge is 0.393 e. The second kappa shape index (κ2) is 6.76. The summed E-state index contributed by atoms with van der Waals surface area (Å²) < 4.78 is 0. The van der Waals surface area contributed by atoms with Gasteiger partial charge in [0.25, 0.3) is 0 Å². The summed E-state index contributed by atoms with van der Waals surface area (Å²) in [6.45, 7) is 1.97. The molecule has 0 aromatic carbocycles. The van der Waals surface area contributed by atoms with Crippen molar-refractivity contribution in [3.63, 3.8) is 0 Å². The van der Waals surface area contributed by atoms with Crippen molar-refractivity contribution in [2.75, 3.05) is 0 Å². The quantitative estimate of drug-likeness (QED) is 0.702. The topological polar surface area (TPSA) is 60.7 Å². The third kappa shape index (κ3) is 3.20. The van der Waals surface area contributed by atoms with Crippen LogP contribution < -0.4 is 0 Å². The van der Waals surface area contributed by atoms with Gasteiger partial charge in [-0.3, -0.25) is 0 Å². The van der Waals surface area contributed by atoms with E-state index in [9.17, 15) is 15.3 Å². The molecule has 0 spiro atoms.